The quantitative estimate of drug-likeness (QED) is 0.758. The van der Waals surface area contributed by atoms with E-state index in [9.17, 15) is 4.79 Å². The number of carbonyl (C=O) groups is 1. The van der Waals surface area contributed by atoms with Crippen molar-refractivity contribution in [3.63, 3.8) is 0 Å². The lowest BCUT2D eigenvalue weighted by Crippen LogP contribution is -2.59. The molecule has 0 spiro atoms. The third-order valence-electron chi connectivity index (χ3n) is 3.18. The molecular weight excluding hydrogens is 248 g/mol. The molecule has 6 nitrogen and oxygen atoms in total. The summed E-state index contributed by atoms with van der Waals surface area (Å²) in [6.45, 7) is 9.51. The third-order valence-corrected chi connectivity index (χ3v) is 3.18. The highest BCUT2D eigenvalue weighted by atomic mass is 16.6. The van der Waals surface area contributed by atoms with Gasteiger partial charge in [-0.05, 0) is 20.8 Å². The fourth-order valence-corrected chi connectivity index (χ4v) is 2.31. The van der Waals surface area contributed by atoms with Crippen molar-refractivity contribution in [1.82, 2.24) is 10.2 Å². The van der Waals surface area contributed by atoms with Crippen LogP contribution in [0.2, 0.25) is 0 Å². The number of hydrogen-bond acceptors (Lipinski definition) is 5. The number of morpholine rings is 2. The van der Waals surface area contributed by atoms with Gasteiger partial charge in [-0.2, -0.15) is 0 Å². The van der Waals surface area contributed by atoms with Crippen molar-refractivity contribution in [3.05, 3.63) is 0 Å². The summed E-state index contributed by atoms with van der Waals surface area (Å²) in [6, 6.07) is -0.0728. The molecule has 19 heavy (non-hydrogen) atoms. The van der Waals surface area contributed by atoms with E-state index >= 15 is 0 Å². The van der Waals surface area contributed by atoms with Crippen LogP contribution in [0, 0.1) is 0 Å². The first kappa shape index (κ1) is 14.6. The molecule has 2 aliphatic heterocycles. The Morgan fingerprint density at radius 3 is 2.79 bits per heavy atom. The standard InChI is InChI=1S/C13H24N2O4/c1-13(2,3)19-12(16)15-5-7-17-9-10(15)11-8-14-4-6-18-11/h10-11,14H,4-9H2,1-3H3. The number of hydrogen-bond donors (Lipinski definition) is 1. The average Bonchev–Trinajstić information content (AvgIpc) is 2.38. The Hall–Kier alpha value is -0.850. The molecule has 0 bridgehead atoms. The van der Waals surface area contributed by atoms with Crippen LogP contribution in [-0.2, 0) is 14.2 Å². The number of nitrogens with zero attached hydrogens (tertiary/aromatic N) is 1. The van der Waals surface area contributed by atoms with E-state index in [0.717, 1.165) is 13.1 Å². The smallest absolute Gasteiger partial charge is 0.410 e. The fourth-order valence-electron chi connectivity index (χ4n) is 2.31. The van der Waals surface area contributed by atoms with Gasteiger partial charge >= 0.3 is 6.09 Å². The Balaban J connectivity index is 2.00. The molecule has 2 unspecified atom stereocenters. The Labute approximate surface area is 114 Å². The Morgan fingerprint density at radius 1 is 1.37 bits per heavy atom. The summed E-state index contributed by atoms with van der Waals surface area (Å²) >= 11 is 0. The summed E-state index contributed by atoms with van der Waals surface area (Å²) in [5.74, 6) is 0. The van der Waals surface area contributed by atoms with E-state index in [2.05, 4.69) is 5.32 Å². The average molecular weight is 272 g/mol. The van der Waals surface area contributed by atoms with Crippen molar-refractivity contribution in [1.29, 1.82) is 0 Å². The molecule has 2 rings (SSSR count). The SMILES string of the molecule is CC(C)(C)OC(=O)N1CCOCC1C1CNCCO1. The molecule has 2 fully saturated rings. The molecular formula is C13H24N2O4. The predicted octanol–water partition coefficient (Wildman–Crippen LogP) is 0.611. The summed E-state index contributed by atoms with van der Waals surface area (Å²) in [5.41, 5.74) is -0.481. The Bertz CT molecular complexity index is 310. The maximum atomic E-state index is 12.2. The third kappa shape index (κ3) is 4.06. The molecule has 0 aromatic carbocycles. The zero-order valence-corrected chi connectivity index (χ0v) is 12.0. The zero-order chi connectivity index (χ0) is 13.9. The highest BCUT2D eigenvalue weighted by molar-refractivity contribution is 5.68. The van der Waals surface area contributed by atoms with Gasteiger partial charge < -0.3 is 19.5 Å². The van der Waals surface area contributed by atoms with Crippen LogP contribution in [0.4, 0.5) is 4.79 Å². The second-order valence-electron chi connectivity index (χ2n) is 5.93. The van der Waals surface area contributed by atoms with Gasteiger partial charge in [-0.1, -0.05) is 0 Å². The van der Waals surface area contributed by atoms with Gasteiger partial charge in [0, 0.05) is 19.6 Å². The van der Waals surface area contributed by atoms with E-state index < -0.39 is 5.60 Å². The monoisotopic (exact) mass is 272 g/mol. The van der Waals surface area contributed by atoms with Gasteiger partial charge in [0.2, 0.25) is 0 Å². The van der Waals surface area contributed by atoms with Gasteiger partial charge in [0.25, 0.3) is 0 Å². The minimum absolute atomic E-state index is 0.0263. The Morgan fingerprint density at radius 2 is 2.16 bits per heavy atom. The van der Waals surface area contributed by atoms with Gasteiger partial charge in [0.15, 0.2) is 0 Å². The summed E-state index contributed by atoms with van der Waals surface area (Å²) < 4.78 is 16.7. The normalized spacial score (nSPS) is 29.1. The van der Waals surface area contributed by atoms with E-state index in [0.29, 0.717) is 26.4 Å². The van der Waals surface area contributed by atoms with Crippen molar-refractivity contribution in [2.45, 2.75) is 38.5 Å². The first-order valence-electron chi connectivity index (χ1n) is 6.87. The van der Waals surface area contributed by atoms with E-state index in [1.165, 1.54) is 0 Å². The molecule has 6 heteroatoms. The number of ether oxygens (including phenoxy) is 3. The molecule has 0 aromatic rings. The van der Waals surface area contributed by atoms with E-state index in [-0.39, 0.29) is 18.2 Å². The summed E-state index contributed by atoms with van der Waals surface area (Å²) in [7, 11) is 0. The number of nitrogens with one attached hydrogen (secondary N) is 1. The van der Waals surface area contributed by atoms with Crippen LogP contribution in [0.1, 0.15) is 20.8 Å². The molecule has 0 radical (unpaired) electrons. The Kier molecular flexibility index (Phi) is 4.65. The number of rotatable bonds is 1. The molecule has 2 atom stereocenters. The summed E-state index contributed by atoms with van der Waals surface area (Å²) in [5, 5.41) is 3.28. The lowest BCUT2D eigenvalue weighted by Gasteiger charge is -2.41. The van der Waals surface area contributed by atoms with Crippen molar-refractivity contribution in [2.75, 3.05) is 39.5 Å². The van der Waals surface area contributed by atoms with E-state index in [1.54, 1.807) is 4.90 Å². The minimum atomic E-state index is -0.481. The van der Waals surface area contributed by atoms with Crippen LogP contribution in [0.3, 0.4) is 0 Å². The minimum Gasteiger partial charge on any atom is -0.444 e. The largest absolute Gasteiger partial charge is 0.444 e. The molecule has 1 N–H and O–H groups in total. The van der Waals surface area contributed by atoms with Crippen molar-refractivity contribution in [3.8, 4) is 0 Å². The van der Waals surface area contributed by atoms with Gasteiger partial charge in [-0.15, -0.1) is 0 Å². The molecule has 2 heterocycles. The summed E-state index contributed by atoms with van der Waals surface area (Å²) in [6.07, 6.45) is -0.309. The predicted molar refractivity (Wildman–Crippen MR) is 70.2 cm³/mol. The van der Waals surface area contributed by atoms with Crippen LogP contribution in [0.15, 0.2) is 0 Å². The highest BCUT2D eigenvalue weighted by Crippen LogP contribution is 2.18. The van der Waals surface area contributed by atoms with Crippen LogP contribution in [-0.4, -0.2) is 68.2 Å². The molecule has 1 amide bonds. The van der Waals surface area contributed by atoms with Gasteiger partial charge in [-0.25, -0.2) is 4.79 Å². The molecule has 2 saturated heterocycles. The maximum Gasteiger partial charge on any atom is 0.410 e. The molecule has 0 aromatic heterocycles. The number of carbonyl (C=O) groups excluding carboxylic acids is 1. The lowest BCUT2D eigenvalue weighted by molar-refractivity contribution is -0.0921. The van der Waals surface area contributed by atoms with Crippen LogP contribution >= 0.6 is 0 Å². The molecule has 110 valence electrons. The van der Waals surface area contributed by atoms with Crippen LogP contribution in [0.5, 0.6) is 0 Å². The highest BCUT2D eigenvalue weighted by Gasteiger charge is 2.37. The zero-order valence-electron chi connectivity index (χ0n) is 12.0. The van der Waals surface area contributed by atoms with Crippen molar-refractivity contribution >= 4 is 6.09 Å². The lowest BCUT2D eigenvalue weighted by atomic mass is 10.1. The van der Waals surface area contributed by atoms with Crippen molar-refractivity contribution < 1.29 is 19.0 Å². The summed E-state index contributed by atoms with van der Waals surface area (Å²) in [4.78, 5) is 14.0. The first-order valence-corrected chi connectivity index (χ1v) is 6.87. The molecule has 2 aliphatic rings. The fraction of sp³-hybridized carbons (Fsp3) is 0.923. The first-order chi connectivity index (χ1) is 8.97. The van der Waals surface area contributed by atoms with Gasteiger partial charge in [0.05, 0.1) is 32.0 Å². The van der Waals surface area contributed by atoms with Crippen LogP contribution < -0.4 is 5.32 Å². The van der Waals surface area contributed by atoms with E-state index in [4.69, 9.17) is 14.2 Å². The molecule has 0 saturated carbocycles. The van der Waals surface area contributed by atoms with E-state index in [1.807, 2.05) is 20.8 Å². The van der Waals surface area contributed by atoms with Gasteiger partial charge in [0.1, 0.15) is 5.60 Å². The van der Waals surface area contributed by atoms with Crippen LogP contribution in [0.25, 0.3) is 0 Å². The molecule has 0 aliphatic carbocycles. The second-order valence-corrected chi connectivity index (χ2v) is 5.93. The maximum absolute atomic E-state index is 12.2. The van der Waals surface area contributed by atoms with Crippen molar-refractivity contribution in [2.24, 2.45) is 0 Å². The second kappa shape index (κ2) is 6.07. The topological polar surface area (TPSA) is 60.0 Å². The number of amides is 1. The van der Waals surface area contributed by atoms with Gasteiger partial charge in [-0.3, -0.25) is 4.90 Å².